The van der Waals surface area contributed by atoms with E-state index in [2.05, 4.69) is 10.6 Å². The van der Waals surface area contributed by atoms with Gasteiger partial charge in [-0.1, -0.05) is 44.0 Å². The third kappa shape index (κ3) is 8.26. The topological polar surface area (TPSA) is 144 Å². The molecule has 2 saturated heterocycles. The number of rotatable bonds is 12. The molecule has 0 saturated carbocycles. The lowest BCUT2D eigenvalue weighted by Crippen LogP contribution is -2.51. The molecular formula is C29H39N3O8S. The molecule has 2 aliphatic heterocycles. The minimum absolute atomic E-state index is 0.0820. The van der Waals surface area contributed by atoms with E-state index in [1.165, 1.54) is 6.92 Å². The fraction of sp³-hybridized carbons (Fsp3) is 0.517. The van der Waals surface area contributed by atoms with E-state index in [1.54, 1.807) is 30.3 Å². The molecule has 4 rings (SSSR count). The molecule has 224 valence electrons. The number of amides is 2. The van der Waals surface area contributed by atoms with Crippen LogP contribution >= 0.6 is 0 Å². The highest BCUT2D eigenvalue weighted by Crippen LogP contribution is 2.33. The maximum Gasteiger partial charge on any atom is 0.407 e. The van der Waals surface area contributed by atoms with Crippen LogP contribution in [0.2, 0.25) is 0 Å². The van der Waals surface area contributed by atoms with Gasteiger partial charge in [0, 0.05) is 38.0 Å². The summed E-state index contributed by atoms with van der Waals surface area (Å²) in [7, 11) is -5.38. The van der Waals surface area contributed by atoms with Crippen LogP contribution in [-0.4, -0.2) is 80.6 Å². The number of alkyl carbamates (subject to hydrolysis) is 1. The van der Waals surface area contributed by atoms with Crippen LogP contribution < -0.4 is 10.6 Å². The monoisotopic (exact) mass is 601 g/mol. The largest absolute Gasteiger partial charge is 0.443 e. The molecule has 41 heavy (non-hydrogen) atoms. The van der Waals surface area contributed by atoms with Crippen LogP contribution in [0.1, 0.15) is 49.1 Å². The summed E-state index contributed by atoms with van der Waals surface area (Å²) >= 11 is 0. The molecule has 2 aliphatic rings. The minimum Gasteiger partial charge on any atom is -0.443 e. The second-order valence-corrected chi connectivity index (χ2v) is 11.2. The lowest BCUT2D eigenvalue weighted by molar-refractivity contribution is -0.114. The summed E-state index contributed by atoms with van der Waals surface area (Å²) in [5.74, 6) is -5.74. The fourth-order valence-corrected chi connectivity index (χ4v) is 5.62. The second-order valence-electron chi connectivity index (χ2n) is 9.34. The Labute approximate surface area is 258 Å². The molecular weight excluding hydrogens is 550 g/mol. The molecule has 11 nitrogen and oxygen atoms in total. The minimum atomic E-state index is -5.38. The first kappa shape index (κ1) is 18.5. The molecule has 0 spiro atoms. The van der Waals surface area contributed by atoms with Gasteiger partial charge in [-0.15, -0.1) is 0 Å². The number of nitrogens with one attached hydrogen (secondary N) is 2. The highest BCUT2D eigenvalue weighted by molar-refractivity contribution is 7.89. The quantitative estimate of drug-likeness (QED) is 0.337. The molecule has 2 heterocycles. The average Bonchev–Trinajstić information content (AvgIpc) is 3.56. The number of benzene rings is 2. The molecule has 0 unspecified atom stereocenters. The van der Waals surface area contributed by atoms with Crippen LogP contribution in [0.3, 0.4) is 0 Å². The number of fused-ring (bicyclic) bond motifs is 1. The lowest BCUT2D eigenvalue weighted by Gasteiger charge is -2.31. The molecule has 0 aliphatic carbocycles. The molecule has 0 radical (unpaired) electrons. The van der Waals surface area contributed by atoms with Gasteiger partial charge >= 0.3 is 6.09 Å². The van der Waals surface area contributed by atoms with E-state index >= 15 is 0 Å². The summed E-state index contributed by atoms with van der Waals surface area (Å²) in [6, 6.07) is 10.3. The average molecular weight is 602 g/mol. The Morgan fingerprint density at radius 1 is 1.24 bits per heavy atom. The number of hydrogen-bond acceptors (Lipinski definition) is 8. The number of aliphatic hydroxyl groups excluding tert-OH is 1. The molecule has 0 aromatic heterocycles. The van der Waals surface area contributed by atoms with Crippen LogP contribution in [0.25, 0.3) is 0 Å². The fourth-order valence-electron chi connectivity index (χ4n) is 4.32. The zero-order chi connectivity index (χ0) is 40.0. The maximum absolute atomic E-state index is 14.2. The summed E-state index contributed by atoms with van der Waals surface area (Å²) in [5, 5.41) is 16.3. The van der Waals surface area contributed by atoms with Crippen molar-refractivity contribution < 1.29 is 53.8 Å². The van der Waals surface area contributed by atoms with Crippen molar-refractivity contribution in [2.24, 2.45) is 11.8 Å². The number of anilines is 1. The summed E-state index contributed by atoms with van der Waals surface area (Å²) in [6.07, 6.45) is -7.80. The van der Waals surface area contributed by atoms with Gasteiger partial charge in [0.1, 0.15) is 6.08 Å². The first-order valence-electron chi connectivity index (χ1n) is 18.6. The smallest absolute Gasteiger partial charge is 0.407 e. The Kier molecular flexibility index (Phi) is 6.21. The Morgan fingerprint density at radius 2 is 1.98 bits per heavy atom. The van der Waals surface area contributed by atoms with Gasteiger partial charge in [-0.05, 0) is 48.6 Å². The molecule has 2 aromatic carbocycles. The van der Waals surface area contributed by atoms with Crippen molar-refractivity contribution in [3.8, 4) is 0 Å². The number of carbonyl (C=O) groups excluding carboxylic acids is 2. The standard InChI is InChI=1S/C29H39N3O8S/c1-19(2)16-32(41(36,37)23-11-9-22(10-12-23)30-20(3)33)17-26(34)25(15-21-7-5-4-6-8-21)31-29(35)40-27-18-39-28-24(27)13-14-38-28/h4-12,19,24-28,34H,13-18H2,1-3H3,(H,30,33)(H,31,35)/t24-,25-,26+,27-,28+/m0/s1/i1D3,2D3,16D2,18D2,19D,27D. The number of sulfonamides is 1. The van der Waals surface area contributed by atoms with Crippen LogP contribution in [-0.2, 0) is 35.4 Å². The van der Waals surface area contributed by atoms with Gasteiger partial charge in [-0.25, -0.2) is 13.2 Å². The predicted molar refractivity (Wildman–Crippen MR) is 151 cm³/mol. The van der Waals surface area contributed by atoms with Gasteiger partial charge in [-0.3, -0.25) is 4.79 Å². The summed E-state index contributed by atoms with van der Waals surface area (Å²) in [5.41, 5.74) is 0.517. The van der Waals surface area contributed by atoms with E-state index in [4.69, 9.17) is 30.7 Å². The summed E-state index contributed by atoms with van der Waals surface area (Å²) < 4.78 is 142. The van der Waals surface area contributed by atoms with E-state index < -0.39 is 96.6 Å². The zero-order valence-corrected chi connectivity index (χ0v) is 22.8. The van der Waals surface area contributed by atoms with E-state index in [1.807, 2.05) is 0 Å². The summed E-state index contributed by atoms with van der Waals surface area (Å²) in [6.45, 7) is -15.2. The zero-order valence-electron chi connectivity index (χ0n) is 34.0. The first-order valence-corrected chi connectivity index (χ1v) is 14.0. The lowest BCUT2D eigenvalue weighted by atomic mass is 10.0. The molecule has 2 fully saturated rings. The van der Waals surface area contributed by atoms with Crippen molar-refractivity contribution in [3.63, 3.8) is 0 Å². The van der Waals surface area contributed by atoms with Gasteiger partial charge in [0.05, 0.1) is 40.2 Å². The number of nitrogens with zero attached hydrogens (tertiary/aromatic N) is 1. The normalized spacial score (nSPS) is 30.4. The van der Waals surface area contributed by atoms with Gasteiger partial charge < -0.3 is 30.0 Å². The molecule has 3 N–H and O–H groups in total. The third-order valence-electron chi connectivity index (χ3n) is 6.27. The van der Waals surface area contributed by atoms with Crippen LogP contribution in [0, 0.1) is 11.8 Å². The molecule has 0 bridgehead atoms. The Hall–Kier alpha value is -3.03. The molecule has 5 atom stereocenters. The number of ether oxygens (including phenoxy) is 3. The van der Waals surface area contributed by atoms with E-state index in [0.29, 0.717) is 5.56 Å². The van der Waals surface area contributed by atoms with Crippen molar-refractivity contribution >= 4 is 27.7 Å². The van der Waals surface area contributed by atoms with Gasteiger partial charge in [0.25, 0.3) is 0 Å². The van der Waals surface area contributed by atoms with E-state index in [0.717, 1.165) is 24.3 Å². The number of aliphatic hydroxyl groups is 1. The van der Waals surface area contributed by atoms with Crippen molar-refractivity contribution in [1.82, 2.24) is 9.62 Å². The summed E-state index contributed by atoms with van der Waals surface area (Å²) in [4.78, 5) is 24.1. The third-order valence-corrected chi connectivity index (χ3v) is 7.96. The molecule has 12 heteroatoms. The first-order chi connectivity index (χ1) is 24.2. The van der Waals surface area contributed by atoms with Crippen LogP contribution in [0.5, 0.6) is 0 Å². The van der Waals surface area contributed by atoms with Crippen LogP contribution in [0.15, 0.2) is 59.5 Å². The van der Waals surface area contributed by atoms with Crippen LogP contribution in [0.4, 0.5) is 10.5 Å². The SMILES string of the molecule is [2H]C([2H])([2H])C([2H])(C([2H])([2H])[2H])C([2H])([2H])N(C[C@@H](O)[C@H](Cc1ccccc1)NC(=O)O[C@]1([2H])[C@@H]2CCO[C@@H]2OC1([2H])[2H])S(=O)(=O)c1ccc(NC(C)=O)cc1. The molecule has 2 aromatic rings. The Bertz CT molecular complexity index is 1740. The second kappa shape index (κ2) is 13.8. The number of hydrogen-bond donors (Lipinski definition) is 3. The number of carbonyl (C=O) groups is 2. The molecule has 2 amide bonds. The van der Waals surface area contributed by atoms with Crippen molar-refractivity contribution in [2.75, 3.05) is 31.5 Å². The van der Waals surface area contributed by atoms with Gasteiger partial charge in [0.15, 0.2) is 6.29 Å². The van der Waals surface area contributed by atoms with Crippen molar-refractivity contribution in [2.45, 2.75) is 62.9 Å². The Morgan fingerprint density at radius 3 is 2.66 bits per heavy atom. The highest BCUT2D eigenvalue weighted by atomic mass is 32.2. The van der Waals surface area contributed by atoms with Crippen molar-refractivity contribution in [3.05, 3.63) is 60.2 Å². The van der Waals surface area contributed by atoms with E-state index in [-0.39, 0.29) is 29.4 Å². The highest BCUT2D eigenvalue weighted by Gasteiger charge is 2.44. The maximum atomic E-state index is 14.2. The Balaban J connectivity index is 1.78. The van der Waals surface area contributed by atoms with Gasteiger partial charge in [0.2, 0.25) is 15.9 Å². The predicted octanol–water partition coefficient (Wildman–Crippen LogP) is 2.75. The van der Waals surface area contributed by atoms with E-state index in [9.17, 15) is 23.1 Å². The van der Waals surface area contributed by atoms with Gasteiger partial charge in [-0.2, -0.15) is 4.31 Å². The van der Waals surface area contributed by atoms with Crippen molar-refractivity contribution in [1.29, 1.82) is 0 Å².